The Bertz CT molecular complexity index is 1190. The molecule has 0 radical (unpaired) electrons. The van der Waals surface area contributed by atoms with Crippen molar-refractivity contribution in [1.29, 1.82) is 0 Å². The van der Waals surface area contributed by atoms with Crippen molar-refractivity contribution in [2.75, 3.05) is 12.9 Å². The van der Waals surface area contributed by atoms with Gasteiger partial charge in [0.15, 0.2) is 11.0 Å². The van der Waals surface area contributed by atoms with Crippen molar-refractivity contribution in [2.45, 2.75) is 18.6 Å². The van der Waals surface area contributed by atoms with Crippen molar-refractivity contribution in [3.8, 4) is 22.8 Å². The summed E-state index contributed by atoms with van der Waals surface area (Å²) < 4.78 is 7.21. The number of pyridine rings is 1. The van der Waals surface area contributed by atoms with Crippen molar-refractivity contribution in [2.24, 2.45) is 0 Å². The predicted molar refractivity (Wildman–Crippen MR) is 125 cm³/mol. The Kier molecular flexibility index (Phi) is 6.81. The minimum Gasteiger partial charge on any atom is -0.497 e. The van der Waals surface area contributed by atoms with E-state index in [0.717, 1.165) is 28.1 Å². The Morgan fingerprint density at radius 1 is 1.03 bits per heavy atom. The summed E-state index contributed by atoms with van der Waals surface area (Å²) in [5.74, 6) is 1.61. The van der Waals surface area contributed by atoms with E-state index in [0.29, 0.717) is 17.5 Å². The van der Waals surface area contributed by atoms with Gasteiger partial charge >= 0.3 is 0 Å². The quantitative estimate of drug-likeness (QED) is 0.412. The van der Waals surface area contributed by atoms with Gasteiger partial charge in [-0.2, -0.15) is 0 Å². The molecule has 4 aromatic rings. The van der Waals surface area contributed by atoms with E-state index in [9.17, 15) is 4.79 Å². The lowest BCUT2D eigenvalue weighted by molar-refractivity contribution is -0.118. The summed E-state index contributed by atoms with van der Waals surface area (Å²) in [6.07, 6.45) is 3.43. The fourth-order valence-electron chi connectivity index (χ4n) is 3.20. The number of hydrogen-bond donors (Lipinski definition) is 1. The van der Waals surface area contributed by atoms with Crippen molar-refractivity contribution in [3.05, 3.63) is 84.2 Å². The molecule has 0 bridgehead atoms. The van der Waals surface area contributed by atoms with Gasteiger partial charge in [-0.05, 0) is 54.4 Å². The van der Waals surface area contributed by atoms with E-state index in [1.807, 2.05) is 72.2 Å². The molecule has 2 aromatic heterocycles. The van der Waals surface area contributed by atoms with E-state index in [-0.39, 0.29) is 11.7 Å². The molecular formula is C24H23N5O2S. The van der Waals surface area contributed by atoms with Crippen LogP contribution in [0.1, 0.15) is 11.1 Å². The molecule has 0 saturated carbocycles. The molecule has 0 aliphatic heterocycles. The number of rotatable bonds is 8. The zero-order valence-corrected chi connectivity index (χ0v) is 18.7. The molecule has 0 atom stereocenters. The zero-order chi connectivity index (χ0) is 22.3. The summed E-state index contributed by atoms with van der Waals surface area (Å²) >= 11 is 1.35. The highest BCUT2D eigenvalue weighted by atomic mass is 32.2. The average molecular weight is 446 g/mol. The largest absolute Gasteiger partial charge is 0.497 e. The van der Waals surface area contributed by atoms with E-state index in [4.69, 9.17) is 4.74 Å². The first-order valence-corrected chi connectivity index (χ1v) is 11.1. The van der Waals surface area contributed by atoms with E-state index in [2.05, 4.69) is 20.5 Å². The molecule has 0 unspecified atom stereocenters. The number of hydrogen-bond acceptors (Lipinski definition) is 6. The third-order valence-electron chi connectivity index (χ3n) is 4.97. The fraction of sp³-hybridized carbons (Fsp3) is 0.167. The maximum absolute atomic E-state index is 12.5. The molecule has 2 aromatic carbocycles. The summed E-state index contributed by atoms with van der Waals surface area (Å²) in [7, 11) is 1.63. The molecule has 0 spiro atoms. The van der Waals surface area contributed by atoms with Gasteiger partial charge in [0.05, 0.1) is 12.9 Å². The van der Waals surface area contributed by atoms with E-state index in [1.54, 1.807) is 19.5 Å². The average Bonchev–Trinajstić information content (AvgIpc) is 3.27. The number of ether oxygens (including phenoxy) is 1. The Labute approximate surface area is 190 Å². The third kappa shape index (κ3) is 4.97. The number of carbonyl (C=O) groups excluding carboxylic acids is 1. The minimum atomic E-state index is -0.0620. The van der Waals surface area contributed by atoms with Gasteiger partial charge in [-0.15, -0.1) is 10.2 Å². The van der Waals surface area contributed by atoms with Gasteiger partial charge in [-0.25, -0.2) is 0 Å². The molecule has 1 amide bonds. The van der Waals surface area contributed by atoms with Gasteiger partial charge in [0.2, 0.25) is 5.91 Å². The predicted octanol–water partition coefficient (Wildman–Crippen LogP) is 4.05. The number of nitrogens with one attached hydrogen (secondary N) is 1. The lowest BCUT2D eigenvalue weighted by atomic mass is 10.1. The van der Waals surface area contributed by atoms with Crippen LogP contribution < -0.4 is 10.1 Å². The number of thioether (sulfide) groups is 1. The number of benzene rings is 2. The van der Waals surface area contributed by atoms with E-state index >= 15 is 0 Å². The Morgan fingerprint density at radius 3 is 2.50 bits per heavy atom. The normalized spacial score (nSPS) is 10.7. The van der Waals surface area contributed by atoms with Crippen LogP contribution in [0.15, 0.2) is 78.2 Å². The van der Waals surface area contributed by atoms with Crippen molar-refractivity contribution in [1.82, 2.24) is 25.1 Å². The molecule has 0 aliphatic carbocycles. The molecule has 8 heteroatoms. The highest BCUT2D eigenvalue weighted by Crippen LogP contribution is 2.28. The molecule has 2 heterocycles. The molecule has 7 nitrogen and oxygen atoms in total. The van der Waals surface area contributed by atoms with Crippen LogP contribution in [0.5, 0.6) is 5.75 Å². The smallest absolute Gasteiger partial charge is 0.230 e. The van der Waals surface area contributed by atoms with Crippen LogP contribution in [0.2, 0.25) is 0 Å². The molecule has 0 saturated heterocycles. The fourth-order valence-corrected chi connectivity index (χ4v) is 3.98. The summed E-state index contributed by atoms with van der Waals surface area (Å²) in [5.41, 5.74) is 4.03. The SMILES string of the molecule is COc1ccc(-n2c(SCC(=O)NCc3ccccc3C)nnc2-c2ccncc2)cc1. The second-order valence-corrected chi connectivity index (χ2v) is 8.01. The Hall–Kier alpha value is -3.65. The molecule has 4 rings (SSSR count). The number of aryl methyl sites for hydroxylation is 1. The summed E-state index contributed by atoms with van der Waals surface area (Å²) in [4.78, 5) is 16.6. The van der Waals surface area contributed by atoms with Gasteiger partial charge in [-0.1, -0.05) is 36.0 Å². The zero-order valence-electron chi connectivity index (χ0n) is 17.9. The number of carbonyl (C=O) groups is 1. The minimum absolute atomic E-state index is 0.0620. The standard InChI is InChI=1S/C24H23N5O2S/c1-17-5-3-4-6-19(17)15-26-22(30)16-32-24-28-27-23(18-11-13-25-14-12-18)29(24)20-7-9-21(31-2)10-8-20/h3-14H,15-16H2,1-2H3,(H,26,30). The van der Waals surface area contributed by atoms with Crippen LogP contribution in [0, 0.1) is 6.92 Å². The second kappa shape index (κ2) is 10.1. The molecule has 162 valence electrons. The van der Waals surface area contributed by atoms with Crippen molar-refractivity contribution >= 4 is 17.7 Å². The molecule has 32 heavy (non-hydrogen) atoms. The highest BCUT2D eigenvalue weighted by Gasteiger charge is 2.17. The number of methoxy groups -OCH3 is 1. The van der Waals surface area contributed by atoms with Crippen molar-refractivity contribution in [3.63, 3.8) is 0 Å². The van der Waals surface area contributed by atoms with Gasteiger partial charge in [0.1, 0.15) is 5.75 Å². The van der Waals surface area contributed by atoms with Gasteiger partial charge in [-0.3, -0.25) is 14.3 Å². The second-order valence-electron chi connectivity index (χ2n) is 7.07. The third-order valence-corrected chi connectivity index (χ3v) is 5.90. The van der Waals surface area contributed by atoms with Crippen LogP contribution in [-0.4, -0.2) is 38.5 Å². The number of aromatic nitrogens is 4. The molecular weight excluding hydrogens is 422 g/mol. The lowest BCUT2D eigenvalue weighted by Crippen LogP contribution is -2.25. The summed E-state index contributed by atoms with van der Waals surface area (Å²) in [6, 6.07) is 19.4. The number of nitrogens with zero attached hydrogens (tertiary/aromatic N) is 4. The van der Waals surface area contributed by atoms with E-state index < -0.39 is 0 Å². The summed E-state index contributed by atoms with van der Waals surface area (Å²) in [5, 5.41) is 12.4. The van der Waals surface area contributed by atoms with Crippen LogP contribution in [0.25, 0.3) is 17.1 Å². The first-order chi connectivity index (χ1) is 15.7. The highest BCUT2D eigenvalue weighted by molar-refractivity contribution is 7.99. The summed E-state index contributed by atoms with van der Waals surface area (Å²) in [6.45, 7) is 2.54. The van der Waals surface area contributed by atoms with E-state index in [1.165, 1.54) is 11.8 Å². The lowest BCUT2D eigenvalue weighted by Gasteiger charge is -2.11. The molecule has 0 fully saturated rings. The number of amides is 1. The topological polar surface area (TPSA) is 81.9 Å². The Balaban J connectivity index is 1.53. The van der Waals surface area contributed by atoms with Gasteiger partial charge < -0.3 is 10.1 Å². The van der Waals surface area contributed by atoms with Crippen LogP contribution >= 0.6 is 11.8 Å². The maximum atomic E-state index is 12.5. The molecule has 1 N–H and O–H groups in total. The molecule has 0 aliphatic rings. The van der Waals surface area contributed by atoms with Crippen molar-refractivity contribution < 1.29 is 9.53 Å². The Morgan fingerprint density at radius 2 is 1.78 bits per heavy atom. The first kappa shape index (κ1) is 21.6. The van der Waals surface area contributed by atoms with Crippen LogP contribution in [-0.2, 0) is 11.3 Å². The van der Waals surface area contributed by atoms with Gasteiger partial charge in [0.25, 0.3) is 0 Å². The van der Waals surface area contributed by atoms with Crippen LogP contribution in [0.3, 0.4) is 0 Å². The monoisotopic (exact) mass is 445 g/mol. The van der Waals surface area contributed by atoms with Gasteiger partial charge in [0, 0.05) is 30.2 Å². The first-order valence-electron chi connectivity index (χ1n) is 10.1. The maximum Gasteiger partial charge on any atom is 0.230 e. The van der Waals surface area contributed by atoms with Crippen LogP contribution in [0.4, 0.5) is 0 Å².